The number of rotatable bonds is 5. The summed E-state index contributed by atoms with van der Waals surface area (Å²) in [6.45, 7) is 2.28. The maximum Gasteiger partial charge on any atom is 0.253 e. The van der Waals surface area contributed by atoms with Gasteiger partial charge in [0, 0.05) is 18.1 Å². The van der Waals surface area contributed by atoms with Crippen molar-refractivity contribution in [3.05, 3.63) is 89.7 Å². The van der Waals surface area contributed by atoms with Gasteiger partial charge in [0.05, 0.1) is 18.4 Å². The molecule has 2 aromatic heterocycles. The first-order valence-corrected chi connectivity index (χ1v) is 9.38. The molecule has 0 atom stereocenters. The van der Waals surface area contributed by atoms with Crippen molar-refractivity contribution in [3.8, 4) is 16.9 Å². The third kappa shape index (κ3) is 4.09. The van der Waals surface area contributed by atoms with Crippen molar-refractivity contribution in [3.63, 3.8) is 0 Å². The van der Waals surface area contributed by atoms with Crippen LogP contribution in [0.1, 0.15) is 21.6 Å². The number of carbonyl (C=O) groups is 1. The van der Waals surface area contributed by atoms with E-state index >= 15 is 0 Å². The maximum absolute atomic E-state index is 12.6. The van der Waals surface area contributed by atoms with Crippen LogP contribution in [-0.4, -0.2) is 23.0 Å². The lowest BCUT2D eigenvalue weighted by atomic mass is 10.0. The zero-order valence-electron chi connectivity index (χ0n) is 16.3. The number of fused-ring (bicyclic) bond motifs is 1. The number of methoxy groups -OCH3 is 1. The molecule has 5 nitrogen and oxygen atoms in total. The highest BCUT2D eigenvalue weighted by molar-refractivity contribution is 5.98. The zero-order valence-corrected chi connectivity index (χ0v) is 16.3. The molecule has 0 saturated carbocycles. The van der Waals surface area contributed by atoms with Gasteiger partial charge in [0.2, 0.25) is 0 Å². The van der Waals surface area contributed by atoms with Gasteiger partial charge in [-0.3, -0.25) is 4.79 Å². The van der Waals surface area contributed by atoms with Crippen LogP contribution in [-0.2, 0) is 6.54 Å². The molecule has 0 saturated heterocycles. The third-order valence-electron chi connectivity index (χ3n) is 4.86. The fourth-order valence-corrected chi connectivity index (χ4v) is 3.20. The molecule has 5 heteroatoms. The van der Waals surface area contributed by atoms with Crippen molar-refractivity contribution in [2.75, 3.05) is 7.11 Å². The summed E-state index contributed by atoms with van der Waals surface area (Å²) in [5.41, 5.74) is 5.15. The first kappa shape index (κ1) is 18.6. The van der Waals surface area contributed by atoms with Gasteiger partial charge in [-0.2, -0.15) is 0 Å². The molecule has 0 spiro atoms. The van der Waals surface area contributed by atoms with Crippen LogP contribution >= 0.6 is 0 Å². The molecule has 0 fully saturated rings. The molecular formula is C24H21N3O2. The molecule has 0 aliphatic heterocycles. The molecule has 1 N–H and O–H groups in total. The van der Waals surface area contributed by atoms with Crippen molar-refractivity contribution >= 4 is 16.9 Å². The van der Waals surface area contributed by atoms with Gasteiger partial charge in [0.25, 0.3) is 5.91 Å². The summed E-state index contributed by atoms with van der Waals surface area (Å²) in [4.78, 5) is 21.3. The smallest absolute Gasteiger partial charge is 0.253 e. The lowest BCUT2D eigenvalue weighted by molar-refractivity contribution is 0.0950. The Labute approximate surface area is 169 Å². The van der Waals surface area contributed by atoms with Gasteiger partial charge in [0.1, 0.15) is 5.75 Å². The van der Waals surface area contributed by atoms with E-state index in [0.29, 0.717) is 23.4 Å². The summed E-state index contributed by atoms with van der Waals surface area (Å²) < 4.78 is 5.20. The van der Waals surface area contributed by atoms with Gasteiger partial charge in [-0.1, -0.05) is 36.4 Å². The summed E-state index contributed by atoms with van der Waals surface area (Å²) in [7, 11) is 1.66. The number of hydrogen-bond acceptors (Lipinski definition) is 4. The van der Waals surface area contributed by atoms with E-state index in [0.717, 1.165) is 27.8 Å². The lowest BCUT2D eigenvalue weighted by Crippen LogP contribution is -2.24. The first-order chi connectivity index (χ1) is 14.1. The molecule has 2 aromatic carbocycles. The molecule has 4 rings (SSSR count). The number of nitrogens with zero attached hydrogens (tertiary/aromatic N) is 2. The molecule has 0 radical (unpaired) electrons. The van der Waals surface area contributed by atoms with E-state index in [9.17, 15) is 4.79 Å². The molecule has 0 aliphatic carbocycles. The quantitative estimate of drug-likeness (QED) is 0.549. The largest absolute Gasteiger partial charge is 0.497 e. The minimum atomic E-state index is -0.139. The monoisotopic (exact) mass is 383 g/mol. The highest BCUT2D eigenvalue weighted by Gasteiger charge is 2.12. The number of aromatic nitrogens is 2. The van der Waals surface area contributed by atoms with Gasteiger partial charge in [0.15, 0.2) is 5.65 Å². The third-order valence-corrected chi connectivity index (χ3v) is 4.86. The zero-order chi connectivity index (χ0) is 20.2. The van der Waals surface area contributed by atoms with Gasteiger partial charge in [-0.25, -0.2) is 9.97 Å². The highest BCUT2D eigenvalue weighted by Crippen LogP contribution is 2.22. The highest BCUT2D eigenvalue weighted by atomic mass is 16.5. The van der Waals surface area contributed by atoms with Crippen LogP contribution < -0.4 is 10.1 Å². The van der Waals surface area contributed by atoms with E-state index in [2.05, 4.69) is 27.4 Å². The fraction of sp³-hybridized carbons (Fsp3) is 0.125. The Morgan fingerprint density at radius 3 is 2.38 bits per heavy atom. The fourth-order valence-electron chi connectivity index (χ4n) is 3.20. The second-order valence-corrected chi connectivity index (χ2v) is 6.78. The number of nitrogens with one attached hydrogen (secondary N) is 1. The minimum Gasteiger partial charge on any atom is -0.497 e. The maximum atomic E-state index is 12.6. The van der Waals surface area contributed by atoms with Crippen molar-refractivity contribution in [2.45, 2.75) is 13.5 Å². The second-order valence-electron chi connectivity index (χ2n) is 6.78. The van der Waals surface area contributed by atoms with E-state index in [4.69, 9.17) is 4.74 Å². The number of amides is 1. The van der Waals surface area contributed by atoms with Crippen LogP contribution in [0.2, 0.25) is 0 Å². The number of pyridine rings is 2. The van der Waals surface area contributed by atoms with E-state index < -0.39 is 0 Å². The van der Waals surface area contributed by atoms with Crippen molar-refractivity contribution in [1.29, 1.82) is 0 Å². The molecule has 0 bridgehead atoms. The number of ether oxygens (including phenoxy) is 1. The van der Waals surface area contributed by atoms with Gasteiger partial charge in [-0.05, 0) is 53.9 Å². The average Bonchev–Trinajstić information content (AvgIpc) is 2.77. The van der Waals surface area contributed by atoms with Crippen molar-refractivity contribution in [2.24, 2.45) is 0 Å². The van der Waals surface area contributed by atoms with Crippen LogP contribution in [0.3, 0.4) is 0 Å². The predicted molar refractivity (Wildman–Crippen MR) is 114 cm³/mol. The van der Waals surface area contributed by atoms with E-state index in [1.807, 2.05) is 61.5 Å². The van der Waals surface area contributed by atoms with Gasteiger partial charge < -0.3 is 10.1 Å². The van der Waals surface area contributed by atoms with Crippen molar-refractivity contribution < 1.29 is 9.53 Å². The van der Waals surface area contributed by atoms with E-state index in [1.165, 1.54) is 0 Å². The summed E-state index contributed by atoms with van der Waals surface area (Å²) in [6, 6.07) is 21.7. The molecule has 4 aromatic rings. The van der Waals surface area contributed by atoms with E-state index in [-0.39, 0.29) is 5.91 Å². The van der Waals surface area contributed by atoms with Gasteiger partial charge >= 0.3 is 0 Å². The first-order valence-electron chi connectivity index (χ1n) is 9.38. The Balaban J connectivity index is 1.44. The minimum absolute atomic E-state index is 0.139. The summed E-state index contributed by atoms with van der Waals surface area (Å²) >= 11 is 0. The standard InChI is InChI=1S/C24H21N3O2/c1-16-22(14-20-4-3-13-25-23(20)27-16)24(28)26-15-17-5-7-18(8-6-17)19-9-11-21(29-2)12-10-19/h3-14H,15H2,1-2H3,(H,26,28). The molecule has 144 valence electrons. The number of carbonyl (C=O) groups excluding carboxylic acids is 1. The van der Waals surface area contributed by atoms with Crippen LogP contribution in [0.5, 0.6) is 5.75 Å². The van der Waals surface area contributed by atoms with Crippen LogP contribution in [0.4, 0.5) is 0 Å². The number of aryl methyl sites for hydroxylation is 1. The Bertz CT molecular complexity index is 1150. The Kier molecular flexibility index (Phi) is 5.20. The Morgan fingerprint density at radius 2 is 1.69 bits per heavy atom. The SMILES string of the molecule is COc1ccc(-c2ccc(CNC(=O)c3cc4cccnc4nc3C)cc2)cc1. The molecule has 29 heavy (non-hydrogen) atoms. The average molecular weight is 383 g/mol. The second kappa shape index (κ2) is 8.10. The van der Waals surface area contributed by atoms with Crippen molar-refractivity contribution in [1.82, 2.24) is 15.3 Å². The summed E-state index contributed by atoms with van der Waals surface area (Å²) in [6.07, 6.45) is 1.70. The molecule has 0 aliphatic rings. The predicted octanol–water partition coefficient (Wildman–Crippen LogP) is 4.54. The summed E-state index contributed by atoms with van der Waals surface area (Å²) in [5.74, 6) is 0.697. The van der Waals surface area contributed by atoms with Gasteiger partial charge in [-0.15, -0.1) is 0 Å². The number of hydrogen-bond donors (Lipinski definition) is 1. The summed E-state index contributed by atoms with van der Waals surface area (Å²) in [5, 5.41) is 3.83. The molecule has 2 heterocycles. The van der Waals surface area contributed by atoms with Crippen LogP contribution in [0.25, 0.3) is 22.2 Å². The van der Waals surface area contributed by atoms with E-state index in [1.54, 1.807) is 13.3 Å². The molecular weight excluding hydrogens is 362 g/mol. The van der Waals surface area contributed by atoms with Crippen LogP contribution in [0, 0.1) is 6.92 Å². The molecule has 0 unspecified atom stereocenters. The lowest BCUT2D eigenvalue weighted by Gasteiger charge is -2.09. The number of benzene rings is 2. The Hall–Kier alpha value is -3.73. The molecule has 1 amide bonds. The Morgan fingerprint density at radius 1 is 1.00 bits per heavy atom. The topological polar surface area (TPSA) is 64.1 Å². The van der Waals surface area contributed by atoms with Crippen LogP contribution in [0.15, 0.2) is 72.9 Å². The normalized spacial score (nSPS) is 10.7.